The van der Waals surface area contributed by atoms with Gasteiger partial charge in [-0.05, 0) is 55.5 Å². The highest BCUT2D eigenvalue weighted by Gasteiger charge is 2.21. The molecule has 0 radical (unpaired) electrons. The standard InChI is InChI=1S/C11H13Br2ClO/c1-8(2)7-15-10-5-3-4-9(6-10)11(12,13)14/h3-6,8H,7H2,1-2H3. The highest BCUT2D eigenvalue weighted by molar-refractivity contribution is 9.25. The van der Waals surface area contributed by atoms with Crippen LogP contribution in [0.3, 0.4) is 0 Å². The lowest BCUT2D eigenvalue weighted by Gasteiger charge is -2.14. The Morgan fingerprint density at radius 2 is 2.07 bits per heavy atom. The minimum Gasteiger partial charge on any atom is -0.493 e. The third-order valence-electron chi connectivity index (χ3n) is 1.74. The Kier molecular flexibility index (Phi) is 4.94. The zero-order chi connectivity index (χ0) is 11.5. The van der Waals surface area contributed by atoms with Crippen LogP contribution >= 0.6 is 43.5 Å². The second kappa shape index (κ2) is 5.55. The van der Waals surface area contributed by atoms with E-state index in [1.165, 1.54) is 0 Å². The molecule has 0 aromatic heterocycles. The average Bonchev–Trinajstić information content (AvgIpc) is 2.14. The van der Waals surface area contributed by atoms with Gasteiger partial charge in [0, 0.05) is 0 Å². The van der Waals surface area contributed by atoms with E-state index in [4.69, 9.17) is 16.3 Å². The van der Waals surface area contributed by atoms with Crippen molar-refractivity contribution in [3.63, 3.8) is 0 Å². The van der Waals surface area contributed by atoms with Gasteiger partial charge in [-0.3, -0.25) is 0 Å². The van der Waals surface area contributed by atoms with E-state index in [-0.39, 0.29) is 0 Å². The fourth-order valence-corrected chi connectivity index (χ4v) is 1.64. The predicted molar refractivity (Wildman–Crippen MR) is 72.2 cm³/mol. The van der Waals surface area contributed by atoms with E-state index >= 15 is 0 Å². The molecule has 1 aromatic carbocycles. The zero-order valence-corrected chi connectivity index (χ0v) is 12.6. The Labute approximate surface area is 112 Å². The van der Waals surface area contributed by atoms with Crippen LogP contribution in [-0.2, 0) is 2.69 Å². The Hall–Kier alpha value is 0.270. The summed E-state index contributed by atoms with van der Waals surface area (Å²) in [5.41, 5.74) is 0.922. The Balaban J connectivity index is 2.75. The second-order valence-corrected chi connectivity index (χ2v) is 8.65. The molecule has 0 saturated carbocycles. The summed E-state index contributed by atoms with van der Waals surface area (Å²) < 4.78 is 4.89. The molecule has 0 unspecified atom stereocenters. The average molecular weight is 356 g/mol. The second-order valence-electron chi connectivity index (χ2n) is 3.73. The summed E-state index contributed by atoms with van der Waals surface area (Å²) in [4.78, 5) is 0. The van der Waals surface area contributed by atoms with Gasteiger partial charge in [-0.15, -0.1) is 0 Å². The van der Waals surface area contributed by atoms with Crippen molar-refractivity contribution in [1.29, 1.82) is 0 Å². The summed E-state index contributed by atoms with van der Waals surface area (Å²) in [5, 5.41) is 0. The van der Waals surface area contributed by atoms with Gasteiger partial charge < -0.3 is 4.74 Å². The van der Waals surface area contributed by atoms with Crippen molar-refractivity contribution in [2.45, 2.75) is 16.5 Å². The monoisotopic (exact) mass is 354 g/mol. The van der Waals surface area contributed by atoms with Crippen LogP contribution < -0.4 is 4.74 Å². The topological polar surface area (TPSA) is 9.23 Å². The van der Waals surface area contributed by atoms with Gasteiger partial charge in [-0.2, -0.15) is 0 Å². The van der Waals surface area contributed by atoms with Crippen molar-refractivity contribution in [1.82, 2.24) is 0 Å². The van der Waals surface area contributed by atoms with Crippen LogP contribution in [0.25, 0.3) is 0 Å². The van der Waals surface area contributed by atoms with Gasteiger partial charge in [0.15, 0.2) is 2.69 Å². The number of hydrogen-bond acceptors (Lipinski definition) is 1. The van der Waals surface area contributed by atoms with Crippen molar-refractivity contribution < 1.29 is 4.74 Å². The van der Waals surface area contributed by atoms with Crippen molar-refractivity contribution in [3.05, 3.63) is 29.8 Å². The van der Waals surface area contributed by atoms with Crippen molar-refractivity contribution >= 4 is 43.5 Å². The summed E-state index contributed by atoms with van der Waals surface area (Å²) in [6.07, 6.45) is 0. The highest BCUT2D eigenvalue weighted by Crippen LogP contribution is 2.43. The number of ether oxygens (including phenoxy) is 1. The van der Waals surface area contributed by atoms with Crippen LogP contribution in [-0.4, -0.2) is 6.61 Å². The normalized spacial score (nSPS) is 11.9. The van der Waals surface area contributed by atoms with Crippen LogP contribution in [0.5, 0.6) is 5.75 Å². The lowest BCUT2D eigenvalue weighted by molar-refractivity contribution is 0.271. The van der Waals surface area contributed by atoms with Crippen LogP contribution in [0.15, 0.2) is 24.3 Å². The van der Waals surface area contributed by atoms with E-state index in [1.807, 2.05) is 24.3 Å². The summed E-state index contributed by atoms with van der Waals surface area (Å²) in [5.74, 6) is 1.35. The number of halogens is 3. The molecule has 0 bridgehead atoms. The molecule has 0 spiro atoms. The molecule has 0 atom stereocenters. The quantitative estimate of drug-likeness (QED) is 0.700. The van der Waals surface area contributed by atoms with E-state index in [1.54, 1.807) is 0 Å². The van der Waals surface area contributed by atoms with E-state index in [0.717, 1.165) is 11.3 Å². The van der Waals surface area contributed by atoms with Gasteiger partial charge in [0.2, 0.25) is 0 Å². The highest BCUT2D eigenvalue weighted by atomic mass is 79.9. The zero-order valence-electron chi connectivity index (χ0n) is 8.64. The van der Waals surface area contributed by atoms with Gasteiger partial charge in [0.25, 0.3) is 0 Å². The molecule has 1 rings (SSSR count). The molecular formula is C11H13Br2ClO. The molecule has 0 aliphatic rings. The molecule has 84 valence electrons. The van der Waals surface area contributed by atoms with Crippen molar-refractivity contribution in [3.8, 4) is 5.75 Å². The lowest BCUT2D eigenvalue weighted by Crippen LogP contribution is -2.05. The SMILES string of the molecule is CC(C)COc1cccc(C(Cl)(Br)Br)c1. The fourth-order valence-electron chi connectivity index (χ4n) is 1.03. The maximum atomic E-state index is 6.07. The van der Waals surface area contributed by atoms with Crippen molar-refractivity contribution in [2.75, 3.05) is 6.61 Å². The minimum absolute atomic E-state index is 0.516. The van der Waals surface area contributed by atoms with Gasteiger partial charge in [0.05, 0.1) is 6.61 Å². The number of rotatable bonds is 4. The Morgan fingerprint density at radius 3 is 2.60 bits per heavy atom. The van der Waals surface area contributed by atoms with Crippen molar-refractivity contribution in [2.24, 2.45) is 5.92 Å². The molecule has 0 aliphatic heterocycles. The molecule has 0 fully saturated rings. The van der Waals surface area contributed by atoms with Gasteiger partial charge in [-0.1, -0.05) is 37.6 Å². The molecule has 0 N–H and O–H groups in total. The number of benzene rings is 1. The van der Waals surface area contributed by atoms with Gasteiger partial charge in [0.1, 0.15) is 5.75 Å². The fraction of sp³-hybridized carbons (Fsp3) is 0.455. The minimum atomic E-state index is -0.711. The van der Waals surface area contributed by atoms with E-state index in [2.05, 4.69) is 45.7 Å². The molecule has 1 nitrogen and oxygen atoms in total. The molecule has 0 amide bonds. The maximum absolute atomic E-state index is 6.07. The first-order valence-electron chi connectivity index (χ1n) is 4.69. The Morgan fingerprint density at radius 1 is 1.40 bits per heavy atom. The molecular weight excluding hydrogens is 343 g/mol. The smallest absolute Gasteiger partial charge is 0.178 e. The first-order valence-corrected chi connectivity index (χ1v) is 6.66. The summed E-state index contributed by atoms with van der Waals surface area (Å²) in [6.45, 7) is 4.94. The molecule has 4 heteroatoms. The van der Waals surface area contributed by atoms with E-state index in [9.17, 15) is 0 Å². The van der Waals surface area contributed by atoms with Gasteiger partial charge >= 0.3 is 0 Å². The third-order valence-corrected chi connectivity index (χ3v) is 2.88. The van der Waals surface area contributed by atoms with Crippen LogP contribution in [0.1, 0.15) is 19.4 Å². The van der Waals surface area contributed by atoms with Crippen LogP contribution in [0.4, 0.5) is 0 Å². The molecule has 1 aromatic rings. The summed E-state index contributed by atoms with van der Waals surface area (Å²) in [7, 11) is 0. The lowest BCUT2D eigenvalue weighted by atomic mass is 10.2. The first kappa shape index (κ1) is 13.3. The van der Waals surface area contributed by atoms with Crippen LogP contribution in [0, 0.1) is 5.92 Å². The predicted octanol–water partition coefficient (Wildman–Crippen LogP) is 4.86. The molecule has 0 aliphatic carbocycles. The maximum Gasteiger partial charge on any atom is 0.178 e. The molecule has 15 heavy (non-hydrogen) atoms. The summed E-state index contributed by atoms with van der Waals surface area (Å²) >= 11 is 12.7. The third kappa shape index (κ3) is 4.75. The molecule has 0 heterocycles. The van der Waals surface area contributed by atoms with Crippen LogP contribution in [0.2, 0.25) is 0 Å². The molecule has 0 saturated heterocycles. The number of hydrogen-bond donors (Lipinski definition) is 0. The Bertz CT molecular complexity index is 321. The summed E-state index contributed by atoms with van der Waals surface area (Å²) in [6, 6.07) is 7.69. The largest absolute Gasteiger partial charge is 0.493 e. The van der Waals surface area contributed by atoms with Gasteiger partial charge in [-0.25, -0.2) is 0 Å². The number of alkyl halides is 3. The van der Waals surface area contributed by atoms with E-state index in [0.29, 0.717) is 12.5 Å². The first-order chi connectivity index (χ1) is 6.89. The van der Waals surface area contributed by atoms with E-state index < -0.39 is 2.69 Å².